The first-order valence-corrected chi connectivity index (χ1v) is 7.63. The van der Waals surface area contributed by atoms with E-state index in [1.54, 1.807) is 0 Å². The van der Waals surface area contributed by atoms with E-state index in [1.165, 1.54) is 19.1 Å². The van der Waals surface area contributed by atoms with Crippen LogP contribution in [-0.4, -0.2) is 33.3 Å². The van der Waals surface area contributed by atoms with Gasteiger partial charge in [-0.05, 0) is 25.1 Å². The molecule has 1 N–H and O–H groups in total. The number of hydrogen-bond donors (Lipinski definition) is 1. The summed E-state index contributed by atoms with van der Waals surface area (Å²) in [5.41, 5.74) is -0.801. The Kier molecular flexibility index (Phi) is 3.97. The van der Waals surface area contributed by atoms with Crippen LogP contribution in [0.3, 0.4) is 0 Å². The molecular weight excluding hydrogens is 293 g/mol. The minimum absolute atomic E-state index is 0.0513. The summed E-state index contributed by atoms with van der Waals surface area (Å²) >= 11 is 0. The highest BCUT2D eigenvalue weighted by Gasteiger charge is 2.34. The van der Waals surface area contributed by atoms with Crippen molar-refractivity contribution in [1.29, 1.82) is 0 Å². The summed E-state index contributed by atoms with van der Waals surface area (Å²) in [5.74, 6) is 0. The van der Waals surface area contributed by atoms with Crippen LogP contribution in [0, 0.1) is 0 Å². The van der Waals surface area contributed by atoms with Gasteiger partial charge >= 0.3 is 6.18 Å². The van der Waals surface area contributed by atoms with Gasteiger partial charge in [-0.1, -0.05) is 6.07 Å². The third-order valence-electron chi connectivity index (χ3n) is 3.20. The highest BCUT2D eigenvalue weighted by Crippen LogP contribution is 2.32. The molecule has 8 heteroatoms. The number of alkyl halides is 3. The van der Waals surface area contributed by atoms with E-state index in [2.05, 4.69) is 5.32 Å². The summed E-state index contributed by atoms with van der Waals surface area (Å²) in [6.45, 7) is 2.35. The molecule has 1 unspecified atom stereocenters. The van der Waals surface area contributed by atoms with Crippen LogP contribution in [0.2, 0.25) is 0 Å². The minimum atomic E-state index is -4.49. The molecule has 0 aliphatic carbocycles. The predicted molar refractivity (Wildman–Crippen MR) is 70.0 cm³/mol. The lowest BCUT2D eigenvalue weighted by Crippen LogP contribution is -2.38. The molecule has 20 heavy (non-hydrogen) atoms. The van der Waals surface area contributed by atoms with Gasteiger partial charge in [0.1, 0.15) is 0 Å². The SMILES string of the molecule is CC1CNCCN(c2cccc(C(F)(F)F)c2)S1(=O)=O. The second kappa shape index (κ2) is 5.25. The summed E-state index contributed by atoms with van der Waals surface area (Å²) in [7, 11) is -3.65. The Morgan fingerprint density at radius 1 is 1.35 bits per heavy atom. The molecule has 1 fully saturated rings. The normalized spacial score (nSPS) is 23.4. The fraction of sp³-hybridized carbons (Fsp3) is 0.500. The van der Waals surface area contributed by atoms with Crippen molar-refractivity contribution >= 4 is 15.7 Å². The Balaban J connectivity index is 2.44. The van der Waals surface area contributed by atoms with Crippen LogP contribution >= 0.6 is 0 Å². The Labute approximate surface area is 115 Å². The monoisotopic (exact) mass is 308 g/mol. The zero-order chi connectivity index (χ0) is 15.0. The molecule has 0 spiro atoms. The number of benzene rings is 1. The molecule has 1 aromatic carbocycles. The molecule has 1 aliphatic rings. The number of hydrogen-bond acceptors (Lipinski definition) is 3. The largest absolute Gasteiger partial charge is 0.416 e. The molecule has 1 aliphatic heterocycles. The molecule has 1 saturated heterocycles. The van der Waals surface area contributed by atoms with Gasteiger partial charge in [-0.25, -0.2) is 8.42 Å². The van der Waals surface area contributed by atoms with Crippen LogP contribution in [-0.2, 0) is 16.2 Å². The van der Waals surface area contributed by atoms with Gasteiger partial charge in [-0.2, -0.15) is 13.2 Å². The van der Waals surface area contributed by atoms with Crippen molar-refractivity contribution < 1.29 is 21.6 Å². The Morgan fingerprint density at radius 2 is 2.05 bits per heavy atom. The zero-order valence-electron chi connectivity index (χ0n) is 10.8. The van der Waals surface area contributed by atoms with E-state index in [-0.39, 0.29) is 18.8 Å². The van der Waals surface area contributed by atoms with Gasteiger partial charge in [0.05, 0.1) is 16.5 Å². The molecular formula is C12H15F3N2O2S. The number of anilines is 1. The number of rotatable bonds is 1. The second-order valence-electron chi connectivity index (χ2n) is 4.68. The lowest BCUT2D eigenvalue weighted by Gasteiger charge is -2.25. The van der Waals surface area contributed by atoms with E-state index in [0.717, 1.165) is 16.4 Å². The lowest BCUT2D eigenvalue weighted by molar-refractivity contribution is -0.137. The van der Waals surface area contributed by atoms with E-state index in [9.17, 15) is 21.6 Å². The first kappa shape index (κ1) is 15.1. The maximum atomic E-state index is 12.7. The summed E-state index contributed by atoms with van der Waals surface area (Å²) < 4.78 is 63.8. The van der Waals surface area contributed by atoms with E-state index in [1.807, 2.05) is 0 Å². The third-order valence-corrected chi connectivity index (χ3v) is 5.39. The first-order chi connectivity index (χ1) is 9.23. The van der Waals surface area contributed by atoms with Crippen LogP contribution in [0.15, 0.2) is 24.3 Å². The van der Waals surface area contributed by atoms with Crippen LogP contribution in [0.25, 0.3) is 0 Å². The molecule has 0 bridgehead atoms. The number of nitrogens with zero attached hydrogens (tertiary/aromatic N) is 1. The predicted octanol–water partition coefficient (Wildman–Crippen LogP) is 1.83. The molecule has 112 valence electrons. The Bertz CT molecular complexity index is 587. The Morgan fingerprint density at radius 3 is 2.70 bits per heavy atom. The fourth-order valence-electron chi connectivity index (χ4n) is 2.05. The minimum Gasteiger partial charge on any atom is -0.314 e. The summed E-state index contributed by atoms with van der Waals surface area (Å²) in [5, 5.41) is 2.27. The van der Waals surface area contributed by atoms with Crippen LogP contribution in [0.4, 0.5) is 18.9 Å². The van der Waals surface area contributed by atoms with Crippen molar-refractivity contribution in [3.05, 3.63) is 29.8 Å². The van der Waals surface area contributed by atoms with Crippen molar-refractivity contribution in [3.8, 4) is 0 Å². The van der Waals surface area contributed by atoms with E-state index < -0.39 is 27.0 Å². The van der Waals surface area contributed by atoms with Crippen molar-refractivity contribution in [2.24, 2.45) is 0 Å². The smallest absolute Gasteiger partial charge is 0.314 e. The number of halogens is 3. The molecule has 4 nitrogen and oxygen atoms in total. The quantitative estimate of drug-likeness (QED) is 0.861. The van der Waals surface area contributed by atoms with Crippen molar-refractivity contribution in [2.75, 3.05) is 23.9 Å². The van der Waals surface area contributed by atoms with Crippen molar-refractivity contribution in [1.82, 2.24) is 5.32 Å². The van der Waals surface area contributed by atoms with Crippen LogP contribution in [0.5, 0.6) is 0 Å². The number of nitrogens with one attached hydrogen (secondary N) is 1. The van der Waals surface area contributed by atoms with Gasteiger partial charge in [0.25, 0.3) is 0 Å². The average molecular weight is 308 g/mol. The highest BCUT2D eigenvalue weighted by molar-refractivity contribution is 7.93. The fourth-order valence-corrected chi connectivity index (χ4v) is 3.57. The molecule has 1 aromatic rings. The van der Waals surface area contributed by atoms with Gasteiger partial charge in [0.15, 0.2) is 0 Å². The molecule has 0 amide bonds. The zero-order valence-corrected chi connectivity index (χ0v) is 11.6. The Hall–Kier alpha value is -1.28. The summed E-state index contributed by atoms with van der Waals surface area (Å²) in [6.07, 6.45) is -4.49. The molecule has 1 atom stereocenters. The highest BCUT2D eigenvalue weighted by atomic mass is 32.2. The molecule has 2 rings (SSSR count). The second-order valence-corrected chi connectivity index (χ2v) is 6.96. The third kappa shape index (κ3) is 2.90. The molecule has 0 aromatic heterocycles. The molecule has 0 radical (unpaired) electrons. The first-order valence-electron chi connectivity index (χ1n) is 6.12. The standard InChI is InChI=1S/C12H15F3N2O2S/c1-9-8-16-5-6-17(20(9,18)19)11-4-2-3-10(7-11)12(13,14)15/h2-4,7,9,16H,5-6,8H2,1H3. The van der Waals surface area contributed by atoms with Gasteiger partial charge in [-0.3, -0.25) is 4.31 Å². The van der Waals surface area contributed by atoms with Crippen molar-refractivity contribution in [3.63, 3.8) is 0 Å². The van der Waals surface area contributed by atoms with E-state index in [0.29, 0.717) is 6.54 Å². The van der Waals surface area contributed by atoms with Gasteiger partial charge < -0.3 is 5.32 Å². The summed E-state index contributed by atoms with van der Waals surface area (Å²) in [6, 6.07) is 4.40. The average Bonchev–Trinajstić information content (AvgIpc) is 2.49. The van der Waals surface area contributed by atoms with Gasteiger partial charge in [-0.15, -0.1) is 0 Å². The van der Waals surface area contributed by atoms with Crippen molar-refractivity contribution in [2.45, 2.75) is 18.3 Å². The van der Waals surface area contributed by atoms with E-state index in [4.69, 9.17) is 0 Å². The number of sulfonamides is 1. The molecule has 0 saturated carbocycles. The maximum absolute atomic E-state index is 12.7. The summed E-state index contributed by atoms with van der Waals surface area (Å²) in [4.78, 5) is 0. The van der Waals surface area contributed by atoms with Gasteiger partial charge in [0, 0.05) is 19.6 Å². The molecule has 1 heterocycles. The maximum Gasteiger partial charge on any atom is 0.416 e. The van der Waals surface area contributed by atoms with Crippen LogP contribution < -0.4 is 9.62 Å². The topological polar surface area (TPSA) is 49.4 Å². The van der Waals surface area contributed by atoms with Crippen LogP contribution in [0.1, 0.15) is 12.5 Å². The van der Waals surface area contributed by atoms with Gasteiger partial charge in [0.2, 0.25) is 10.0 Å². The lowest BCUT2D eigenvalue weighted by atomic mass is 10.2. The van der Waals surface area contributed by atoms with E-state index >= 15 is 0 Å².